The number of hydrogen-bond donors (Lipinski definition) is 2. The van der Waals surface area contributed by atoms with Crippen LogP contribution in [0.25, 0.3) is 0 Å². The van der Waals surface area contributed by atoms with Crippen LogP contribution in [0, 0.1) is 16.7 Å². The number of nitrogens with zero attached hydrogens (tertiary/aromatic N) is 1. The van der Waals surface area contributed by atoms with Gasteiger partial charge in [0.1, 0.15) is 5.41 Å². The lowest BCUT2D eigenvalue weighted by atomic mass is 9.52. The Balaban J connectivity index is 1.58. The first kappa shape index (κ1) is 18.1. The first-order valence-corrected chi connectivity index (χ1v) is 9.79. The third kappa shape index (κ3) is 2.47. The molecule has 0 spiro atoms. The third-order valence-electron chi connectivity index (χ3n) is 6.38. The van der Waals surface area contributed by atoms with Gasteiger partial charge in [-0.05, 0) is 52.9 Å². The summed E-state index contributed by atoms with van der Waals surface area (Å²) in [5.74, 6) is -1.74. The van der Waals surface area contributed by atoms with Gasteiger partial charge in [0.05, 0.1) is 11.6 Å². The minimum absolute atomic E-state index is 0.0119. The summed E-state index contributed by atoms with van der Waals surface area (Å²) in [5.41, 5.74) is 3.82. The minimum Gasteiger partial charge on any atom is -0.478 e. The van der Waals surface area contributed by atoms with Crippen LogP contribution in [0.15, 0.2) is 72.8 Å². The molecule has 2 N–H and O–H groups in total. The Hall–Kier alpha value is -3.91. The molecule has 30 heavy (non-hydrogen) atoms. The zero-order valence-corrected chi connectivity index (χ0v) is 16.0. The van der Waals surface area contributed by atoms with Gasteiger partial charge in [0.25, 0.3) is 0 Å². The lowest BCUT2D eigenvalue weighted by Crippen LogP contribution is -2.48. The summed E-state index contributed by atoms with van der Waals surface area (Å²) >= 11 is 0. The zero-order valence-electron chi connectivity index (χ0n) is 16.0. The van der Waals surface area contributed by atoms with E-state index in [1.165, 1.54) is 23.3 Å². The Labute approximate surface area is 173 Å². The quantitative estimate of drug-likeness (QED) is 0.684. The molecular formula is C25H18N2O3. The summed E-state index contributed by atoms with van der Waals surface area (Å²) in [7, 11) is 0. The highest BCUT2D eigenvalue weighted by Gasteiger charge is 2.57. The molecule has 2 bridgehead atoms. The molecule has 3 aromatic rings. The number of anilines is 1. The molecule has 0 unspecified atom stereocenters. The molecule has 0 fully saturated rings. The van der Waals surface area contributed by atoms with Crippen molar-refractivity contribution in [3.8, 4) is 6.07 Å². The number of aromatic carboxylic acids is 1. The molecule has 0 saturated heterocycles. The third-order valence-corrected chi connectivity index (χ3v) is 6.38. The first-order chi connectivity index (χ1) is 14.5. The molecular weight excluding hydrogens is 376 g/mol. The van der Waals surface area contributed by atoms with Crippen LogP contribution < -0.4 is 5.32 Å². The molecule has 1 atom stereocenters. The highest BCUT2D eigenvalue weighted by Crippen LogP contribution is 2.61. The largest absolute Gasteiger partial charge is 0.478 e. The van der Waals surface area contributed by atoms with Gasteiger partial charge >= 0.3 is 5.97 Å². The highest BCUT2D eigenvalue weighted by atomic mass is 16.4. The van der Waals surface area contributed by atoms with E-state index in [0.29, 0.717) is 12.1 Å². The van der Waals surface area contributed by atoms with Crippen LogP contribution in [-0.4, -0.2) is 17.0 Å². The van der Waals surface area contributed by atoms with Gasteiger partial charge in [0.15, 0.2) is 0 Å². The first-order valence-electron chi connectivity index (χ1n) is 9.79. The molecule has 1 amide bonds. The smallest absolute Gasteiger partial charge is 0.335 e. The van der Waals surface area contributed by atoms with Gasteiger partial charge in [-0.2, -0.15) is 5.26 Å². The maximum atomic E-state index is 13.5. The fourth-order valence-electron chi connectivity index (χ4n) is 5.03. The fraction of sp³-hybridized carbons (Fsp3) is 0.160. The van der Waals surface area contributed by atoms with Crippen molar-refractivity contribution in [2.24, 2.45) is 5.41 Å². The van der Waals surface area contributed by atoms with Crippen molar-refractivity contribution in [1.29, 1.82) is 5.26 Å². The van der Waals surface area contributed by atoms with E-state index >= 15 is 0 Å². The van der Waals surface area contributed by atoms with Crippen molar-refractivity contribution in [3.63, 3.8) is 0 Å². The average Bonchev–Trinajstić information content (AvgIpc) is 2.79. The molecule has 3 aliphatic rings. The number of nitriles is 1. The molecule has 5 nitrogen and oxygen atoms in total. The Bertz CT molecular complexity index is 1180. The number of carboxylic acid groups (broad SMARTS) is 1. The Morgan fingerprint density at radius 1 is 0.900 bits per heavy atom. The molecule has 3 aromatic carbocycles. The van der Waals surface area contributed by atoms with Crippen molar-refractivity contribution in [2.75, 3.05) is 5.32 Å². The number of rotatable bonds is 3. The van der Waals surface area contributed by atoms with E-state index in [1.54, 1.807) is 12.1 Å². The highest BCUT2D eigenvalue weighted by molar-refractivity contribution is 6.00. The van der Waals surface area contributed by atoms with E-state index in [2.05, 4.69) is 23.5 Å². The van der Waals surface area contributed by atoms with E-state index in [4.69, 9.17) is 5.11 Å². The van der Waals surface area contributed by atoms with E-state index in [-0.39, 0.29) is 23.3 Å². The molecule has 0 aliphatic heterocycles. The summed E-state index contributed by atoms with van der Waals surface area (Å²) in [6, 6.07) is 24.5. The van der Waals surface area contributed by atoms with Gasteiger partial charge in [-0.25, -0.2) is 4.79 Å². The van der Waals surface area contributed by atoms with Crippen LogP contribution in [0.3, 0.4) is 0 Å². The summed E-state index contributed by atoms with van der Waals surface area (Å²) < 4.78 is 0. The Morgan fingerprint density at radius 2 is 1.43 bits per heavy atom. The SMILES string of the molecule is N#C[C@]1(C(=O)Nc2ccc(C(=O)O)cc2)CC2c3ccccc3C1c1ccccc12. The molecule has 0 radical (unpaired) electrons. The number of carboxylic acids is 1. The average molecular weight is 394 g/mol. The molecule has 146 valence electrons. The molecule has 5 heteroatoms. The second-order valence-corrected chi connectivity index (χ2v) is 7.87. The van der Waals surface area contributed by atoms with Gasteiger partial charge in [-0.1, -0.05) is 48.5 Å². The number of carbonyl (C=O) groups is 2. The molecule has 0 aromatic heterocycles. The summed E-state index contributed by atoms with van der Waals surface area (Å²) in [6.07, 6.45) is 0.418. The van der Waals surface area contributed by atoms with Crippen LogP contribution >= 0.6 is 0 Å². The Morgan fingerprint density at radius 3 is 1.93 bits per heavy atom. The number of hydrogen-bond acceptors (Lipinski definition) is 3. The second-order valence-electron chi connectivity index (χ2n) is 7.87. The maximum absolute atomic E-state index is 13.5. The van der Waals surface area contributed by atoms with Gasteiger partial charge in [0, 0.05) is 17.5 Å². The van der Waals surface area contributed by atoms with E-state index in [9.17, 15) is 14.9 Å². The van der Waals surface area contributed by atoms with E-state index < -0.39 is 11.4 Å². The summed E-state index contributed by atoms with van der Waals surface area (Å²) in [5, 5.41) is 22.2. The summed E-state index contributed by atoms with van der Waals surface area (Å²) in [4.78, 5) is 24.6. The van der Waals surface area contributed by atoms with E-state index in [1.807, 2.05) is 36.4 Å². The fourth-order valence-corrected chi connectivity index (χ4v) is 5.03. The zero-order chi connectivity index (χ0) is 20.9. The van der Waals surface area contributed by atoms with Crippen LogP contribution in [0.4, 0.5) is 5.69 Å². The second kappa shape index (κ2) is 6.57. The lowest BCUT2D eigenvalue weighted by molar-refractivity contribution is -0.124. The van der Waals surface area contributed by atoms with Crippen molar-refractivity contribution >= 4 is 17.6 Å². The number of benzene rings is 3. The van der Waals surface area contributed by atoms with Crippen LogP contribution in [0.1, 0.15) is 50.9 Å². The predicted molar refractivity (Wildman–Crippen MR) is 111 cm³/mol. The normalized spacial score (nSPS) is 23.0. The van der Waals surface area contributed by atoms with Gasteiger partial charge in [0.2, 0.25) is 5.91 Å². The van der Waals surface area contributed by atoms with Crippen LogP contribution in [0.5, 0.6) is 0 Å². The minimum atomic E-state index is -1.24. The standard InChI is InChI=1S/C25H18N2O3/c26-14-25(24(30)27-16-11-9-15(10-12-16)23(28)29)13-21-17-5-1-3-7-19(17)22(25)20-8-4-2-6-18(20)21/h1-12,21-22H,13H2,(H,27,30)(H,28,29)/t21?,22?,25-/m1/s1. The maximum Gasteiger partial charge on any atom is 0.335 e. The molecule has 3 aliphatic carbocycles. The van der Waals surface area contributed by atoms with Gasteiger partial charge in [-0.15, -0.1) is 0 Å². The van der Waals surface area contributed by atoms with E-state index in [0.717, 1.165) is 11.1 Å². The van der Waals surface area contributed by atoms with Crippen LogP contribution in [0.2, 0.25) is 0 Å². The molecule has 0 saturated carbocycles. The number of nitrogens with one attached hydrogen (secondary N) is 1. The number of fused-ring (bicyclic) bond motifs is 1. The van der Waals surface area contributed by atoms with Crippen molar-refractivity contribution < 1.29 is 14.7 Å². The van der Waals surface area contributed by atoms with Crippen molar-refractivity contribution in [2.45, 2.75) is 18.3 Å². The van der Waals surface area contributed by atoms with Gasteiger partial charge < -0.3 is 10.4 Å². The van der Waals surface area contributed by atoms with Gasteiger partial charge in [-0.3, -0.25) is 4.79 Å². The predicted octanol–water partition coefficient (Wildman–Crippen LogP) is 4.51. The number of amides is 1. The number of carbonyl (C=O) groups excluding carboxylic acids is 1. The van der Waals surface area contributed by atoms with Crippen LogP contribution in [-0.2, 0) is 4.79 Å². The van der Waals surface area contributed by atoms with Crippen molar-refractivity contribution in [1.82, 2.24) is 0 Å². The Kier molecular flexibility index (Phi) is 3.97. The molecule has 0 heterocycles. The molecule has 6 rings (SSSR count). The monoisotopic (exact) mass is 394 g/mol. The topological polar surface area (TPSA) is 90.2 Å². The summed E-state index contributed by atoms with van der Waals surface area (Å²) in [6.45, 7) is 0. The van der Waals surface area contributed by atoms with Crippen molar-refractivity contribution in [3.05, 3.63) is 101 Å². The lowest BCUT2D eigenvalue weighted by Gasteiger charge is -2.48.